The summed E-state index contributed by atoms with van der Waals surface area (Å²) in [6.07, 6.45) is 8.68. The van der Waals surface area contributed by atoms with Gasteiger partial charge in [-0.2, -0.15) is 0 Å². The molecule has 21 heavy (non-hydrogen) atoms. The Morgan fingerprint density at radius 1 is 1.29 bits per heavy atom. The minimum absolute atomic E-state index is 0.0154. The van der Waals surface area contributed by atoms with Crippen LogP contribution in [0.1, 0.15) is 43.2 Å². The largest absolute Gasteiger partial charge is 0.394 e. The lowest BCUT2D eigenvalue weighted by molar-refractivity contribution is 0.130. The van der Waals surface area contributed by atoms with E-state index in [-0.39, 0.29) is 12.1 Å². The number of fused-ring (bicyclic) bond motifs is 1. The number of hydrogen-bond donors (Lipinski definition) is 2. The molecule has 2 unspecified atom stereocenters. The highest BCUT2D eigenvalue weighted by molar-refractivity contribution is 7.99. The van der Waals surface area contributed by atoms with Crippen LogP contribution in [0.5, 0.6) is 0 Å². The number of rotatable bonds is 6. The van der Waals surface area contributed by atoms with Gasteiger partial charge in [-0.3, -0.25) is 0 Å². The van der Waals surface area contributed by atoms with Gasteiger partial charge < -0.3 is 10.4 Å². The summed E-state index contributed by atoms with van der Waals surface area (Å²) < 4.78 is 0. The topological polar surface area (TPSA) is 32.3 Å². The Bertz CT molecular complexity index is 484. The number of aliphatic hydroxyl groups excluding tert-OH is 1. The van der Waals surface area contributed by atoms with Gasteiger partial charge in [-0.05, 0) is 80.5 Å². The van der Waals surface area contributed by atoms with Crippen LogP contribution in [0, 0.1) is 5.92 Å². The molecule has 0 saturated heterocycles. The molecule has 1 saturated carbocycles. The Kier molecular flexibility index (Phi) is 4.92. The molecule has 2 aliphatic carbocycles. The molecule has 2 N–H and O–H groups in total. The summed E-state index contributed by atoms with van der Waals surface area (Å²) in [7, 11) is 2.00. The molecule has 2 nitrogen and oxygen atoms in total. The number of hydrogen-bond acceptors (Lipinski definition) is 3. The van der Waals surface area contributed by atoms with Gasteiger partial charge >= 0.3 is 0 Å². The Morgan fingerprint density at radius 2 is 2.14 bits per heavy atom. The van der Waals surface area contributed by atoms with Crippen molar-refractivity contribution in [3.05, 3.63) is 29.3 Å². The monoisotopic (exact) mass is 305 g/mol. The minimum atomic E-state index is -0.0154. The van der Waals surface area contributed by atoms with Crippen LogP contribution >= 0.6 is 11.8 Å². The van der Waals surface area contributed by atoms with Crippen molar-refractivity contribution in [1.82, 2.24) is 5.32 Å². The van der Waals surface area contributed by atoms with Crippen molar-refractivity contribution in [2.45, 2.75) is 55.4 Å². The van der Waals surface area contributed by atoms with Crippen LogP contribution in [-0.2, 0) is 12.8 Å². The molecule has 116 valence electrons. The minimum Gasteiger partial charge on any atom is -0.394 e. The summed E-state index contributed by atoms with van der Waals surface area (Å²) in [4.78, 5) is 1.42. The molecule has 0 aromatic heterocycles. The Labute approximate surface area is 132 Å². The number of aliphatic hydroxyl groups is 1. The summed E-state index contributed by atoms with van der Waals surface area (Å²) in [6, 6.07) is 7.02. The fraction of sp³-hybridized carbons (Fsp3) is 0.667. The maximum absolute atomic E-state index is 9.74. The molecule has 2 aliphatic rings. The summed E-state index contributed by atoms with van der Waals surface area (Å²) in [6.45, 7) is 0.275. The van der Waals surface area contributed by atoms with E-state index in [1.165, 1.54) is 43.4 Å². The van der Waals surface area contributed by atoms with Crippen molar-refractivity contribution < 1.29 is 5.11 Å². The molecule has 0 aliphatic heterocycles. The predicted molar refractivity (Wildman–Crippen MR) is 90.0 cm³/mol. The van der Waals surface area contributed by atoms with Gasteiger partial charge in [-0.15, -0.1) is 11.8 Å². The second kappa shape index (κ2) is 6.72. The number of benzene rings is 1. The molecular weight excluding hydrogens is 278 g/mol. The number of nitrogens with one attached hydrogen (secondary N) is 1. The molecule has 0 heterocycles. The van der Waals surface area contributed by atoms with Crippen LogP contribution < -0.4 is 5.32 Å². The predicted octanol–water partition coefficient (Wildman–Crippen LogP) is 3.41. The van der Waals surface area contributed by atoms with Crippen molar-refractivity contribution in [3.63, 3.8) is 0 Å². The average Bonchev–Trinajstić information content (AvgIpc) is 3.13. The van der Waals surface area contributed by atoms with Gasteiger partial charge in [0.15, 0.2) is 0 Å². The lowest BCUT2D eigenvalue weighted by Gasteiger charge is -2.33. The van der Waals surface area contributed by atoms with Crippen molar-refractivity contribution in [3.8, 4) is 0 Å². The van der Waals surface area contributed by atoms with Crippen LogP contribution in [0.2, 0.25) is 0 Å². The van der Waals surface area contributed by atoms with Crippen LogP contribution in [0.4, 0.5) is 0 Å². The second-order valence-corrected chi connectivity index (χ2v) is 7.74. The van der Waals surface area contributed by atoms with Crippen molar-refractivity contribution in [2.75, 3.05) is 19.4 Å². The fourth-order valence-electron chi connectivity index (χ4n) is 4.14. The van der Waals surface area contributed by atoms with E-state index in [1.54, 1.807) is 11.1 Å². The molecule has 3 rings (SSSR count). The smallest absolute Gasteiger partial charge is 0.0615 e. The van der Waals surface area contributed by atoms with E-state index in [9.17, 15) is 5.11 Å². The number of aryl methyl sites for hydroxylation is 2. The van der Waals surface area contributed by atoms with Gasteiger partial charge in [0.25, 0.3) is 0 Å². The van der Waals surface area contributed by atoms with Gasteiger partial charge in [0.05, 0.1) is 6.61 Å². The molecule has 3 heteroatoms. The average molecular weight is 305 g/mol. The molecule has 1 aromatic carbocycles. The second-order valence-electron chi connectivity index (χ2n) is 6.57. The zero-order chi connectivity index (χ0) is 14.7. The molecule has 0 spiro atoms. The van der Waals surface area contributed by atoms with E-state index in [4.69, 9.17) is 0 Å². The summed E-state index contributed by atoms with van der Waals surface area (Å²) in [5, 5.41) is 13.1. The van der Waals surface area contributed by atoms with Crippen molar-refractivity contribution >= 4 is 11.8 Å². The van der Waals surface area contributed by atoms with Crippen LogP contribution in [-0.4, -0.2) is 30.1 Å². The lowest BCUT2D eigenvalue weighted by atomic mass is 9.86. The highest BCUT2D eigenvalue weighted by atomic mass is 32.2. The number of likely N-dealkylation sites (N-methyl/N-ethyl adjacent to an activating group) is 1. The third-order valence-electron chi connectivity index (χ3n) is 5.54. The van der Waals surface area contributed by atoms with Gasteiger partial charge in [0.1, 0.15) is 0 Å². The first kappa shape index (κ1) is 15.4. The van der Waals surface area contributed by atoms with E-state index in [0.717, 1.165) is 12.2 Å². The van der Waals surface area contributed by atoms with Gasteiger partial charge in [0.2, 0.25) is 0 Å². The van der Waals surface area contributed by atoms with E-state index in [1.807, 2.05) is 18.8 Å². The molecule has 2 atom stereocenters. The SMILES string of the molecule is CNC1(CO)CCCC1CCSc1ccc2c(c1)CCC2. The summed E-state index contributed by atoms with van der Waals surface area (Å²) in [5.41, 5.74) is 3.11. The molecule has 0 radical (unpaired) electrons. The van der Waals surface area contributed by atoms with Crippen LogP contribution in [0.25, 0.3) is 0 Å². The first-order valence-corrected chi connectivity index (χ1v) is 9.30. The van der Waals surface area contributed by atoms with Gasteiger partial charge in [0, 0.05) is 10.4 Å². The van der Waals surface area contributed by atoms with Crippen molar-refractivity contribution in [1.29, 1.82) is 0 Å². The van der Waals surface area contributed by atoms with Gasteiger partial charge in [-0.25, -0.2) is 0 Å². The number of thioether (sulfide) groups is 1. The molecule has 0 amide bonds. The van der Waals surface area contributed by atoms with E-state index in [0.29, 0.717) is 5.92 Å². The van der Waals surface area contributed by atoms with Crippen molar-refractivity contribution in [2.24, 2.45) is 5.92 Å². The maximum atomic E-state index is 9.74. The standard InChI is InChI=1S/C18H27NOS/c1-19-18(13-20)10-3-6-16(18)9-11-21-17-8-7-14-4-2-5-15(14)12-17/h7-8,12,16,19-20H,2-6,9-11,13H2,1H3. The molecule has 1 aromatic rings. The van der Waals surface area contributed by atoms with E-state index in [2.05, 4.69) is 23.5 Å². The zero-order valence-electron chi connectivity index (χ0n) is 13.0. The summed E-state index contributed by atoms with van der Waals surface area (Å²) >= 11 is 1.99. The Hall–Kier alpha value is -0.510. The third kappa shape index (κ3) is 3.15. The quantitative estimate of drug-likeness (QED) is 0.790. The van der Waals surface area contributed by atoms with E-state index >= 15 is 0 Å². The van der Waals surface area contributed by atoms with Crippen LogP contribution in [0.15, 0.2) is 23.1 Å². The highest BCUT2D eigenvalue weighted by Gasteiger charge is 2.40. The lowest BCUT2D eigenvalue weighted by Crippen LogP contribution is -2.49. The van der Waals surface area contributed by atoms with Gasteiger partial charge in [-0.1, -0.05) is 12.5 Å². The molecule has 1 fully saturated rings. The third-order valence-corrected chi connectivity index (χ3v) is 6.57. The summed E-state index contributed by atoms with van der Waals surface area (Å²) in [5.74, 6) is 1.78. The maximum Gasteiger partial charge on any atom is 0.0615 e. The van der Waals surface area contributed by atoms with Crippen LogP contribution in [0.3, 0.4) is 0 Å². The zero-order valence-corrected chi connectivity index (χ0v) is 13.8. The Balaban J connectivity index is 1.54. The normalized spacial score (nSPS) is 28.0. The fourth-order valence-corrected chi connectivity index (χ4v) is 5.17. The van der Waals surface area contributed by atoms with E-state index < -0.39 is 0 Å². The molecular formula is C18H27NOS. The first-order valence-electron chi connectivity index (χ1n) is 8.32. The first-order chi connectivity index (χ1) is 10.3. The molecule has 0 bridgehead atoms. The Morgan fingerprint density at radius 3 is 2.95 bits per heavy atom. The highest BCUT2D eigenvalue weighted by Crippen LogP contribution is 2.39.